The van der Waals surface area contributed by atoms with E-state index in [0.717, 1.165) is 32.1 Å². The molecule has 2 nitrogen and oxygen atoms in total. The number of nitrogens with two attached hydrogens (primary N) is 1. The highest BCUT2D eigenvalue weighted by Gasteiger charge is 2.53. The molecular weight excluding hydrogens is 138 g/mol. The van der Waals surface area contributed by atoms with Gasteiger partial charge in [0, 0.05) is 11.0 Å². The molecule has 0 unspecified atom stereocenters. The van der Waals surface area contributed by atoms with Crippen molar-refractivity contribution in [2.24, 2.45) is 11.1 Å². The Morgan fingerprint density at radius 2 is 1.82 bits per heavy atom. The fraction of sp³-hybridized carbons (Fsp3) is 0.778. The molecule has 0 heterocycles. The third kappa shape index (κ3) is 0.822. The maximum atomic E-state index is 9.39. The zero-order chi connectivity index (χ0) is 8.11. The van der Waals surface area contributed by atoms with Crippen LogP contribution < -0.4 is 5.73 Å². The van der Waals surface area contributed by atoms with Crippen LogP contribution in [0.3, 0.4) is 0 Å². The third-order valence-corrected chi connectivity index (χ3v) is 3.51. The van der Waals surface area contributed by atoms with E-state index >= 15 is 0 Å². The summed E-state index contributed by atoms with van der Waals surface area (Å²) in [5, 5.41) is 9.39. The summed E-state index contributed by atoms with van der Waals surface area (Å²) in [6.07, 6.45) is 5.16. The number of hydrogen-bond donors (Lipinski definition) is 2. The van der Waals surface area contributed by atoms with E-state index in [2.05, 4.69) is 6.58 Å². The quantitative estimate of drug-likeness (QED) is 0.563. The maximum absolute atomic E-state index is 9.39. The van der Waals surface area contributed by atoms with Gasteiger partial charge >= 0.3 is 0 Å². The van der Waals surface area contributed by atoms with Gasteiger partial charge in [0.2, 0.25) is 0 Å². The minimum Gasteiger partial charge on any atom is -0.512 e. The number of aliphatic hydroxyl groups is 1. The van der Waals surface area contributed by atoms with Crippen molar-refractivity contribution in [3.8, 4) is 0 Å². The maximum Gasteiger partial charge on any atom is 0.0913 e. The molecule has 0 aromatic rings. The van der Waals surface area contributed by atoms with E-state index in [1.807, 2.05) is 0 Å². The van der Waals surface area contributed by atoms with Gasteiger partial charge in [-0.05, 0) is 32.1 Å². The van der Waals surface area contributed by atoms with Gasteiger partial charge in [0.1, 0.15) is 0 Å². The van der Waals surface area contributed by atoms with Crippen molar-refractivity contribution in [2.75, 3.05) is 0 Å². The molecule has 2 saturated carbocycles. The summed E-state index contributed by atoms with van der Waals surface area (Å²) in [5.74, 6) is 0.363. The van der Waals surface area contributed by atoms with Gasteiger partial charge in [-0.15, -0.1) is 0 Å². The van der Waals surface area contributed by atoms with Crippen LogP contribution in [0.25, 0.3) is 0 Å². The van der Waals surface area contributed by atoms with Crippen molar-refractivity contribution in [3.63, 3.8) is 0 Å². The molecule has 11 heavy (non-hydrogen) atoms. The number of hydrogen-bond acceptors (Lipinski definition) is 2. The first-order chi connectivity index (χ1) is 5.06. The van der Waals surface area contributed by atoms with Gasteiger partial charge in [-0.1, -0.05) is 6.58 Å². The Balaban J connectivity index is 2.27. The lowest BCUT2D eigenvalue weighted by Gasteiger charge is -2.24. The summed E-state index contributed by atoms with van der Waals surface area (Å²) in [5.41, 5.74) is 6.11. The van der Waals surface area contributed by atoms with Crippen molar-refractivity contribution in [1.82, 2.24) is 0 Å². The Labute approximate surface area is 67.1 Å². The first-order valence-electron chi connectivity index (χ1n) is 4.24. The molecule has 2 aliphatic carbocycles. The average molecular weight is 153 g/mol. The van der Waals surface area contributed by atoms with Gasteiger partial charge in [0.05, 0.1) is 5.76 Å². The molecule has 0 amide bonds. The molecule has 0 aliphatic heterocycles. The highest BCUT2D eigenvalue weighted by molar-refractivity contribution is 5.17. The van der Waals surface area contributed by atoms with E-state index in [4.69, 9.17) is 5.73 Å². The summed E-state index contributed by atoms with van der Waals surface area (Å²) >= 11 is 0. The second kappa shape index (κ2) is 1.81. The largest absolute Gasteiger partial charge is 0.512 e. The fourth-order valence-electron chi connectivity index (χ4n) is 2.64. The minimum atomic E-state index is 0.00868. The van der Waals surface area contributed by atoms with Crippen LogP contribution in [0.5, 0.6) is 0 Å². The van der Waals surface area contributed by atoms with E-state index in [9.17, 15) is 5.11 Å². The Morgan fingerprint density at radius 1 is 1.27 bits per heavy atom. The number of rotatable bonds is 1. The molecule has 2 aliphatic rings. The summed E-state index contributed by atoms with van der Waals surface area (Å²) in [4.78, 5) is 0. The molecule has 3 N–H and O–H groups in total. The monoisotopic (exact) mass is 153 g/mol. The highest BCUT2D eigenvalue weighted by Crippen LogP contribution is 2.57. The van der Waals surface area contributed by atoms with Crippen LogP contribution in [0.1, 0.15) is 32.1 Å². The lowest BCUT2D eigenvalue weighted by Crippen LogP contribution is -2.33. The first kappa shape index (κ1) is 7.17. The zero-order valence-corrected chi connectivity index (χ0v) is 6.77. The van der Waals surface area contributed by atoms with Crippen molar-refractivity contribution in [2.45, 2.75) is 37.6 Å². The summed E-state index contributed by atoms with van der Waals surface area (Å²) in [7, 11) is 0. The van der Waals surface area contributed by atoms with Crippen molar-refractivity contribution in [1.29, 1.82) is 0 Å². The SMILES string of the molecule is C=C(O)C12CCC(N)(CC1)C2. The fourth-order valence-corrected chi connectivity index (χ4v) is 2.64. The smallest absolute Gasteiger partial charge is 0.0913 e. The number of aliphatic hydroxyl groups excluding tert-OH is 1. The van der Waals surface area contributed by atoms with Crippen LogP contribution in [0.2, 0.25) is 0 Å². The molecule has 0 spiro atoms. The Bertz CT molecular complexity index is 202. The predicted molar refractivity (Wildman–Crippen MR) is 44.2 cm³/mol. The Morgan fingerprint density at radius 3 is 2.00 bits per heavy atom. The van der Waals surface area contributed by atoms with Crippen molar-refractivity contribution < 1.29 is 5.11 Å². The molecule has 62 valence electrons. The van der Waals surface area contributed by atoms with E-state index in [1.165, 1.54) is 0 Å². The van der Waals surface area contributed by atoms with Gasteiger partial charge < -0.3 is 10.8 Å². The molecule has 2 heteroatoms. The van der Waals surface area contributed by atoms with Crippen LogP contribution in [0.4, 0.5) is 0 Å². The second-order valence-electron chi connectivity index (χ2n) is 4.27. The topological polar surface area (TPSA) is 46.2 Å². The second-order valence-corrected chi connectivity index (χ2v) is 4.27. The molecule has 2 bridgehead atoms. The van der Waals surface area contributed by atoms with Gasteiger partial charge in [0.15, 0.2) is 0 Å². The summed E-state index contributed by atoms with van der Waals surface area (Å²) in [6, 6.07) is 0. The molecule has 2 rings (SSSR count). The van der Waals surface area contributed by atoms with Crippen LogP contribution in [-0.4, -0.2) is 10.6 Å². The van der Waals surface area contributed by atoms with E-state index in [1.54, 1.807) is 0 Å². The third-order valence-electron chi connectivity index (χ3n) is 3.51. The standard InChI is InChI=1S/C9H15NO/c1-7(11)8-2-4-9(10,6-8)5-3-8/h11H,1-6,10H2. The average Bonchev–Trinajstić information content (AvgIpc) is 2.42. The molecule has 0 atom stereocenters. The van der Waals surface area contributed by atoms with E-state index < -0.39 is 0 Å². The Hall–Kier alpha value is -0.500. The predicted octanol–water partition coefficient (Wildman–Crippen LogP) is 1.72. The molecule has 2 fully saturated rings. The van der Waals surface area contributed by atoms with Gasteiger partial charge in [-0.25, -0.2) is 0 Å². The van der Waals surface area contributed by atoms with Crippen molar-refractivity contribution in [3.05, 3.63) is 12.3 Å². The molecule has 0 aromatic heterocycles. The molecular formula is C9H15NO. The minimum absolute atomic E-state index is 0.00868. The summed E-state index contributed by atoms with van der Waals surface area (Å²) < 4.78 is 0. The van der Waals surface area contributed by atoms with Crippen LogP contribution >= 0.6 is 0 Å². The lowest BCUT2D eigenvalue weighted by atomic mass is 9.83. The van der Waals surface area contributed by atoms with Crippen molar-refractivity contribution >= 4 is 0 Å². The normalized spacial score (nSPS) is 48.1. The molecule has 0 radical (unpaired) electrons. The van der Waals surface area contributed by atoms with E-state index in [0.29, 0.717) is 5.76 Å². The highest BCUT2D eigenvalue weighted by atomic mass is 16.3. The van der Waals surface area contributed by atoms with Crippen LogP contribution in [-0.2, 0) is 0 Å². The van der Waals surface area contributed by atoms with E-state index in [-0.39, 0.29) is 11.0 Å². The molecule has 0 saturated heterocycles. The molecule has 0 aromatic carbocycles. The lowest BCUT2D eigenvalue weighted by molar-refractivity contribution is 0.225. The van der Waals surface area contributed by atoms with Crippen LogP contribution in [0.15, 0.2) is 12.3 Å². The van der Waals surface area contributed by atoms with Crippen LogP contribution in [0, 0.1) is 5.41 Å². The van der Waals surface area contributed by atoms with Gasteiger partial charge in [0.25, 0.3) is 0 Å². The number of fused-ring (bicyclic) bond motifs is 2. The number of allylic oxidation sites excluding steroid dienone is 1. The first-order valence-corrected chi connectivity index (χ1v) is 4.24. The Kier molecular flexibility index (Phi) is 1.18. The van der Waals surface area contributed by atoms with Gasteiger partial charge in [-0.2, -0.15) is 0 Å². The summed E-state index contributed by atoms with van der Waals surface area (Å²) in [6.45, 7) is 3.64. The van der Waals surface area contributed by atoms with Gasteiger partial charge in [-0.3, -0.25) is 0 Å². The zero-order valence-electron chi connectivity index (χ0n) is 6.77.